The molecule has 2 atom stereocenters. The highest BCUT2D eigenvalue weighted by Gasteiger charge is 2.26. The smallest absolute Gasteiger partial charge is 0.462 e. The molecule has 0 aliphatic carbocycles. The SMILES string of the molecule is CCCCCCC/C=C\C/C=C\CCCCCCCCCCCCCCCCCCCC(=O)OC(COC(=O)CCCCCCCCCCCCCCCCCCCCC/C=C\CCCCCCCCCC)COP(=O)(O)OCCN. The van der Waals surface area contributed by atoms with E-state index in [0.717, 1.165) is 38.5 Å². The second-order valence-corrected chi connectivity index (χ2v) is 25.6. The zero-order valence-electron chi connectivity index (χ0n) is 53.8. The maximum atomic E-state index is 12.8. The van der Waals surface area contributed by atoms with Crippen LogP contribution in [0.4, 0.5) is 0 Å². The number of allylic oxidation sites excluding steroid dienone is 6. The van der Waals surface area contributed by atoms with E-state index in [9.17, 15) is 19.0 Å². The molecule has 2 unspecified atom stereocenters. The summed E-state index contributed by atoms with van der Waals surface area (Å²) in [5.41, 5.74) is 5.40. The Hall–Kier alpha value is -1.77. The fourth-order valence-corrected chi connectivity index (χ4v) is 11.5. The number of carbonyl (C=O) groups is 2. The van der Waals surface area contributed by atoms with Crippen LogP contribution in [0.15, 0.2) is 36.5 Å². The van der Waals surface area contributed by atoms with Crippen molar-refractivity contribution in [3.63, 3.8) is 0 Å². The number of unbranched alkanes of at least 4 members (excludes halogenated alkanes) is 49. The largest absolute Gasteiger partial charge is 0.472 e. The Morgan fingerprint density at radius 3 is 0.951 bits per heavy atom. The fourth-order valence-electron chi connectivity index (χ4n) is 10.7. The summed E-state index contributed by atoms with van der Waals surface area (Å²) in [6.07, 6.45) is 83.9. The van der Waals surface area contributed by atoms with Gasteiger partial charge in [0.2, 0.25) is 0 Å². The summed E-state index contributed by atoms with van der Waals surface area (Å²) >= 11 is 0. The van der Waals surface area contributed by atoms with Crippen molar-refractivity contribution in [1.29, 1.82) is 0 Å². The van der Waals surface area contributed by atoms with Crippen LogP contribution in [0.1, 0.15) is 373 Å². The molecule has 0 aliphatic heterocycles. The van der Waals surface area contributed by atoms with Crippen molar-refractivity contribution in [2.75, 3.05) is 26.4 Å². The summed E-state index contributed by atoms with van der Waals surface area (Å²) in [7, 11) is -4.39. The van der Waals surface area contributed by atoms with Gasteiger partial charge in [0.05, 0.1) is 13.2 Å². The second-order valence-electron chi connectivity index (χ2n) is 24.1. The van der Waals surface area contributed by atoms with Crippen LogP contribution in [-0.2, 0) is 32.7 Å². The molecule has 0 aromatic heterocycles. The molecule has 0 rings (SSSR count). The van der Waals surface area contributed by atoms with Crippen LogP contribution in [0.2, 0.25) is 0 Å². The Labute approximate surface area is 503 Å². The van der Waals surface area contributed by atoms with Crippen LogP contribution in [0.3, 0.4) is 0 Å². The number of carbonyl (C=O) groups excluding carboxylic acids is 2. The highest BCUT2D eigenvalue weighted by atomic mass is 31.2. The van der Waals surface area contributed by atoms with Crippen LogP contribution in [0, 0.1) is 0 Å². The molecule has 10 heteroatoms. The van der Waals surface area contributed by atoms with E-state index in [2.05, 4.69) is 50.3 Å². The minimum atomic E-state index is -4.39. The second kappa shape index (κ2) is 67.4. The van der Waals surface area contributed by atoms with Crippen molar-refractivity contribution in [3.8, 4) is 0 Å². The number of hydrogen-bond acceptors (Lipinski definition) is 8. The number of ether oxygens (including phenoxy) is 2. The molecule has 0 radical (unpaired) electrons. The molecular weight excluding hydrogens is 1030 g/mol. The van der Waals surface area contributed by atoms with Gasteiger partial charge < -0.3 is 20.1 Å². The molecule has 0 saturated carbocycles. The zero-order valence-corrected chi connectivity index (χ0v) is 54.7. The molecular formula is C71H136NO8P. The van der Waals surface area contributed by atoms with E-state index in [-0.39, 0.29) is 38.6 Å². The van der Waals surface area contributed by atoms with Crippen LogP contribution in [0.5, 0.6) is 0 Å². The lowest BCUT2D eigenvalue weighted by atomic mass is 10.0. The molecule has 0 fully saturated rings. The van der Waals surface area contributed by atoms with Crippen LogP contribution >= 0.6 is 7.82 Å². The van der Waals surface area contributed by atoms with Crippen LogP contribution in [-0.4, -0.2) is 49.3 Å². The third-order valence-corrected chi connectivity index (χ3v) is 17.0. The maximum Gasteiger partial charge on any atom is 0.472 e. The number of phosphoric acid groups is 1. The van der Waals surface area contributed by atoms with Gasteiger partial charge in [0, 0.05) is 19.4 Å². The van der Waals surface area contributed by atoms with E-state index in [4.69, 9.17) is 24.3 Å². The molecule has 0 bridgehead atoms. The molecule has 0 aromatic carbocycles. The highest BCUT2D eigenvalue weighted by Crippen LogP contribution is 2.43. The van der Waals surface area contributed by atoms with Crippen molar-refractivity contribution in [1.82, 2.24) is 0 Å². The summed E-state index contributed by atoms with van der Waals surface area (Å²) in [4.78, 5) is 35.4. The summed E-state index contributed by atoms with van der Waals surface area (Å²) in [6.45, 7) is 3.81. The summed E-state index contributed by atoms with van der Waals surface area (Å²) in [5, 5.41) is 0. The van der Waals surface area contributed by atoms with Crippen molar-refractivity contribution in [3.05, 3.63) is 36.5 Å². The van der Waals surface area contributed by atoms with E-state index >= 15 is 0 Å². The maximum absolute atomic E-state index is 12.8. The number of rotatable bonds is 68. The standard InChI is InChI=1S/C71H136NO8P/c1-3-5-7-9-11-13-15-17-19-21-23-25-27-29-31-33-34-36-37-39-41-43-45-47-49-51-53-55-57-59-61-63-70(73)77-67-69(68-79-81(75,76)78-66-65-72)80-71(74)64-62-60-58-56-54-52-50-48-46-44-42-40-38-35-32-30-28-26-24-22-20-18-16-14-12-10-8-6-4-2/h16,18,21-24,69H,3-15,17,19-20,25-68,72H2,1-2H3,(H,75,76)/b18-16-,23-21-,24-22-. The first-order valence-electron chi connectivity index (χ1n) is 35.5. The lowest BCUT2D eigenvalue weighted by Crippen LogP contribution is -2.29. The van der Waals surface area contributed by atoms with Gasteiger partial charge in [0.15, 0.2) is 6.10 Å². The van der Waals surface area contributed by atoms with E-state index in [1.54, 1.807) is 0 Å². The predicted molar refractivity (Wildman–Crippen MR) is 349 cm³/mol. The van der Waals surface area contributed by atoms with Gasteiger partial charge in [0.25, 0.3) is 0 Å². The molecule has 9 nitrogen and oxygen atoms in total. The van der Waals surface area contributed by atoms with Gasteiger partial charge in [-0.25, -0.2) is 4.57 Å². The van der Waals surface area contributed by atoms with E-state index in [1.165, 1.54) is 302 Å². The van der Waals surface area contributed by atoms with E-state index in [0.29, 0.717) is 6.42 Å². The third-order valence-electron chi connectivity index (χ3n) is 16.0. The number of hydrogen-bond donors (Lipinski definition) is 2. The van der Waals surface area contributed by atoms with E-state index in [1.807, 2.05) is 0 Å². The molecule has 81 heavy (non-hydrogen) atoms. The Kier molecular flexibility index (Phi) is 65.9. The Morgan fingerprint density at radius 1 is 0.370 bits per heavy atom. The molecule has 0 heterocycles. The van der Waals surface area contributed by atoms with Gasteiger partial charge in [-0.3, -0.25) is 18.6 Å². The third kappa shape index (κ3) is 67.2. The van der Waals surface area contributed by atoms with Gasteiger partial charge >= 0.3 is 19.8 Å². The van der Waals surface area contributed by atoms with Crippen LogP contribution in [0.25, 0.3) is 0 Å². The molecule has 0 saturated heterocycles. The van der Waals surface area contributed by atoms with Crippen molar-refractivity contribution in [2.24, 2.45) is 5.73 Å². The molecule has 0 aliphatic rings. The minimum Gasteiger partial charge on any atom is -0.462 e. The first-order chi connectivity index (χ1) is 39.8. The number of esters is 2. The van der Waals surface area contributed by atoms with Crippen molar-refractivity contribution >= 4 is 19.8 Å². The summed E-state index contributed by atoms with van der Waals surface area (Å²) in [6, 6.07) is 0. The molecule has 0 spiro atoms. The molecule has 3 N–H and O–H groups in total. The van der Waals surface area contributed by atoms with Gasteiger partial charge in [0.1, 0.15) is 6.61 Å². The van der Waals surface area contributed by atoms with E-state index < -0.39 is 26.5 Å². The van der Waals surface area contributed by atoms with Gasteiger partial charge in [-0.2, -0.15) is 0 Å². The van der Waals surface area contributed by atoms with Gasteiger partial charge in [-0.15, -0.1) is 0 Å². The van der Waals surface area contributed by atoms with Gasteiger partial charge in [-0.1, -0.05) is 326 Å². The Balaban J connectivity index is 3.82. The molecule has 0 aromatic rings. The lowest BCUT2D eigenvalue weighted by Gasteiger charge is -2.19. The quantitative estimate of drug-likeness (QED) is 0.0264. The van der Waals surface area contributed by atoms with Gasteiger partial charge in [-0.05, 0) is 70.6 Å². The topological polar surface area (TPSA) is 134 Å². The zero-order chi connectivity index (χ0) is 58.7. The van der Waals surface area contributed by atoms with Crippen molar-refractivity contribution in [2.45, 2.75) is 380 Å². The number of nitrogens with two attached hydrogens (primary N) is 1. The number of phosphoric ester groups is 1. The monoisotopic (exact) mass is 1160 g/mol. The Morgan fingerprint density at radius 2 is 0.642 bits per heavy atom. The highest BCUT2D eigenvalue weighted by molar-refractivity contribution is 7.47. The summed E-state index contributed by atoms with van der Waals surface area (Å²) in [5.74, 6) is -0.805. The first kappa shape index (κ1) is 79.2. The Bertz CT molecular complexity index is 1420. The minimum absolute atomic E-state index is 0.0558. The molecule has 0 amide bonds. The fraction of sp³-hybridized carbons (Fsp3) is 0.887. The normalized spacial score (nSPS) is 13.1. The lowest BCUT2D eigenvalue weighted by molar-refractivity contribution is -0.161. The average Bonchev–Trinajstić information content (AvgIpc) is 3.46. The first-order valence-corrected chi connectivity index (χ1v) is 37.0. The van der Waals surface area contributed by atoms with Crippen molar-refractivity contribution < 1.29 is 37.6 Å². The molecule has 478 valence electrons. The average molecular weight is 1160 g/mol. The predicted octanol–water partition coefficient (Wildman–Crippen LogP) is 23.1. The summed E-state index contributed by atoms with van der Waals surface area (Å²) < 4.78 is 33.2. The van der Waals surface area contributed by atoms with Crippen LogP contribution < -0.4 is 5.73 Å².